The molecule has 0 radical (unpaired) electrons. The number of allylic oxidation sites excluding steroid dienone is 1. The highest BCUT2D eigenvalue weighted by Gasteiger charge is 2.16. The van der Waals surface area contributed by atoms with Gasteiger partial charge >= 0.3 is 0 Å². The van der Waals surface area contributed by atoms with Crippen molar-refractivity contribution in [2.45, 2.75) is 41.0 Å². The van der Waals surface area contributed by atoms with Crippen LogP contribution < -0.4 is 0 Å². The zero-order valence-electron chi connectivity index (χ0n) is 8.77. The Balaban J connectivity index is 4.04. The van der Waals surface area contributed by atoms with E-state index in [0.717, 1.165) is 12.1 Å². The number of oxime groups is 1. The van der Waals surface area contributed by atoms with Crippen molar-refractivity contribution < 1.29 is 4.84 Å². The van der Waals surface area contributed by atoms with Crippen molar-refractivity contribution in [1.82, 2.24) is 0 Å². The lowest BCUT2D eigenvalue weighted by atomic mass is 9.95. The van der Waals surface area contributed by atoms with Crippen molar-refractivity contribution in [1.29, 1.82) is 0 Å². The average Bonchev–Trinajstić information content (AvgIpc) is 1.97. The lowest BCUT2D eigenvalue weighted by Crippen LogP contribution is -2.09. The van der Waals surface area contributed by atoms with E-state index in [2.05, 4.69) is 11.7 Å². The third-order valence-electron chi connectivity index (χ3n) is 1.66. The molecular weight excluding hydrogens is 150 g/mol. The van der Waals surface area contributed by atoms with Crippen molar-refractivity contribution in [2.24, 2.45) is 10.6 Å². The molecule has 0 saturated carbocycles. The van der Waals surface area contributed by atoms with Crippen LogP contribution in [0.1, 0.15) is 41.0 Å². The van der Waals surface area contributed by atoms with Crippen LogP contribution in [0.2, 0.25) is 0 Å². The number of hydrogen-bond donors (Lipinski definition) is 0. The lowest BCUT2D eigenvalue weighted by Gasteiger charge is -2.18. The average molecular weight is 169 g/mol. The monoisotopic (exact) mass is 169 g/mol. The number of rotatable bonds is 3. The lowest BCUT2D eigenvalue weighted by molar-refractivity contribution is 0.162. The summed E-state index contributed by atoms with van der Waals surface area (Å²) in [7, 11) is 0. The van der Waals surface area contributed by atoms with E-state index in [9.17, 15) is 0 Å². The Morgan fingerprint density at radius 1 is 1.42 bits per heavy atom. The van der Waals surface area contributed by atoms with Gasteiger partial charge in [0.2, 0.25) is 0 Å². The Morgan fingerprint density at radius 3 is 2.25 bits per heavy atom. The topological polar surface area (TPSA) is 21.6 Å². The summed E-state index contributed by atoms with van der Waals surface area (Å²) < 4.78 is 0. The van der Waals surface area contributed by atoms with Crippen LogP contribution in [0.15, 0.2) is 17.5 Å². The van der Waals surface area contributed by atoms with Crippen molar-refractivity contribution in [3.63, 3.8) is 0 Å². The van der Waals surface area contributed by atoms with E-state index in [1.807, 2.05) is 34.6 Å². The third-order valence-corrected chi connectivity index (χ3v) is 1.66. The molecule has 0 fully saturated rings. The second-order valence-electron chi connectivity index (χ2n) is 3.94. The van der Waals surface area contributed by atoms with Crippen LogP contribution in [0.4, 0.5) is 0 Å². The Bertz CT molecular complexity index is 187. The molecule has 0 atom stereocenters. The first-order valence-electron chi connectivity index (χ1n) is 4.27. The fraction of sp³-hybridized carbons (Fsp3) is 0.700. The summed E-state index contributed by atoms with van der Waals surface area (Å²) in [5.74, 6) is 0.704. The molecule has 0 saturated heterocycles. The number of hydrogen-bond acceptors (Lipinski definition) is 2. The minimum absolute atomic E-state index is 0.0302. The fourth-order valence-electron chi connectivity index (χ4n) is 0.334. The SMILES string of the molecule is C=C(O/N=C(/C)CC)C(C)(C)C. The van der Waals surface area contributed by atoms with Crippen LogP contribution >= 0.6 is 0 Å². The van der Waals surface area contributed by atoms with E-state index < -0.39 is 0 Å². The maximum Gasteiger partial charge on any atom is 0.133 e. The van der Waals surface area contributed by atoms with E-state index in [1.165, 1.54) is 0 Å². The Labute approximate surface area is 75.3 Å². The summed E-state index contributed by atoms with van der Waals surface area (Å²) in [6.45, 7) is 13.9. The van der Waals surface area contributed by atoms with Gasteiger partial charge in [0, 0.05) is 5.41 Å². The molecule has 0 heterocycles. The van der Waals surface area contributed by atoms with Gasteiger partial charge in [-0.15, -0.1) is 0 Å². The standard InChI is InChI=1S/C10H19NO/c1-7-8(2)11-12-9(3)10(4,5)6/h3,7H2,1-2,4-6H3/b11-8-. The molecule has 0 aliphatic carbocycles. The molecule has 0 amide bonds. The largest absolute Gasteiger partial charge is 0.362 e. The zero-order valence-corrected chi connectivity index (χ0v) is 8.77. The predicted molar refractivity (Wildman–Crippen MR) is 53.1 cm³/mol. The van der Waals surface area contributed by atoms with Crippen molar-refractivity contribution in [3.05, 3.63) is 12.3 Å². The van der Waals surface area contributed by atoms with Crippen LogP contribution in [0, 0.1) is 5.41 Å². The van der Waals surface area contributed by atoms with Gasteiger partial charge in [-0.1, -0.05) is 39.4 Å². The molecule has 2 heteroatoms. The minimum atomic E-state index is -0.0302. The molecule has 0 aromatic heterocycles. The first-order valence-corrected chi connectivity index (χ1v) is 4.27. The van der Waals surface area contributed by atoms with Gasteiger partial charge in [-0.2, -0.15) is 0 Å². The molecule has 0 N–H and O–H groups in total. The van der Waals surface area contributed by atoms with E-state index >= 15 is 0 Å². The highest BCUT2D eigenvalue weighted by atomic mass is 16.6. The molecule has 70 valence electrons. The van der Waals surface area contributed by atoms with Crippen LogP contribution in [0.3, 0.4) is 0 Å². The second kappa shape index (κ2) is 4.29. The second-order valence-corrected chi connectivity index (χ2v) is 3.94. The molecule has 0 aromatic rings. The smallest absolute Gasteiger partial charge is 0.133 e. The fourth-order valence-corrected chi connectivity index (χ4v) is 0.334. The summed E-state index contributed by atoms with van der Waals surface area (Å²) in [6, 6.07) is 0. The summed E-state index contributed by atoms with van der Waals surface area (Å²) in [4.78, 5) is 5.15. The Hall–Kier alpha value is -0.790. The highest BCUT2D eigenvalue weighted by Crippen LogP contribution is 2.24. The van der Waals surface area contributed by atoms with Crippen molar-refractivity contribution in [2.75, 3.05) is 0 Å². The predicted octanol–water partition coefficient (Wildman–Crippen LogP) is 3.35. The molecule has 2 nitrogen and oxygen atoms in total. The molecule has 0 bridgehead atoms. The molecule has 0 aliphatic heterocycles. The minimum Gasteiger partial charge on any atom is -0.362 e. The van der Waals surface area contributed by atoms with Crippen LogP contribution in [0.25, 0.3) is 0 Å². The summed E-state index contributed by atoms with van der Waals surface area (Å²) in [6.07, 6.45) is 0.914. The van der Waals surface area contributed by atoms with Crippen LogP contribution in [0.5, 0.6) is 0 Å². The molecule has 0 spiro atoms. The number of nitrogens with zero attached hydrogens (tertiary/aromatic N) is 1. The Kier molecular flexibility index (Phi) is 4.01. The van der Waals surface area contributed by atoms with Crippen molar-refractivity contribution >= 4 is 5.71 Å². The first-order chi connectivity index (χ1) is 5.38. The molecule has 12 heavy (non-hydrogen) atoms. The summed E-state index contributed by atoms with van der Waals surface area (Å²) in [5, 5.41) is 3.93. The van der Waals surface area contributed by atoms with Gasteiger partial charge in [0.05, 0.1) is 5.71 Å². The van der Waals surface area contributed by atoms with Gasteiger partial charge in [0.1, 0.15) is 5.76 Å². The summed E-state index contributed by atoms with van der Waals surface area (Å²) in [5.41, 5.74) is 0.956. The van der Waals surface area contributed by atoms with E-state index in [1.54, 1.807) is 0 Å². The van der Waals surface area contributed by atoms with Crippen molar-refractivity contribution in [3.8, 4) is 0 Å². The zero-order chi connectivity index (χ0) is 9.78. The normalized spacial score (nSPS) is 12.9. The molecule has 0 rings (SSSR count). The highest BCUT2D eigenvalue weighted by molar-refractivity contribution is 5.80. The van der Waals surface area contributed by atoms with Crippen LogP contribution in [-0.4, -0.2) is 5.71 Å². The third kappa shape index (κ3) is 4.16. The Morgan fingerprint density at radius 2 is 1.92 bits per heavy atom. The van der Waals surface area contributed by atoms with E-state index in [-0.39, 0.29) is 5.41 Å². The van der Waals surface area contributed by atoms with Gasteiger partial charge in [-0.25, -0.2) is 0 Å². The summed E-state index contributed by atoms with van der Waals surface area (Å²) >= 11 is 0. The van der Waals surface area contributed by atoms with E-state index in [0.29, 0.717) is 5.76 Å². The molecule has 0 aromatic carbocycles. The maximum atomic E-state index is 5.15. The van der Waals surface area contributed by atoms with Gasteiger partial charge < -0.3 is 4.84 Å². The van der Waals surface area contributed by atoms with Gasteiger partial charge in [-0.3, -0.25) is 0 Å². The van der Waals surface area contributed by atoms with Crippen LogP contribution in [-0.2, 0) is 4.84 Å². The quantitative estimate of drug-likeness (QED) is 0.360. The van der Waals surface area contributed by atoms with Gasteiger partial charge in [-0.05, 0) is 13.3 Å². The van der Waals surface area contributed by atoms with Gasteiger partial charge in [0.25, 0.3) is 0 Å². The first kappa shape index (κ1) is 11.2. The molecule has 0 unspecified atom stereocenters. The van der Waals surface area contributed by atoms with Gasteiger partial charge in [0.15, 0.2) is 0 Å². The van der Waals surface area contributed by atoms with E-state index in [4.69, 9.17) is 4.84 Å². The molecule has 0 aliphatic rings. The molecular formula is C10H19NO. The maximum absolute atomic E-state index is 5.15.